The molecule has 1 atom stereocenters. The molecule has 2 rings (SSSR count). The van der Waals surface area contributed by atoms with Crippen LogP contribution < -0.4 is 9.50 Å². The van der Waals surface area contributed by atoms with Gasteiger partial charge in [-0.3, -0.25) is 4.79 Å². The molecular formula is C24H31NO7S. The monoisotopic (exact) mass is 477 g/mol. The zero-order chi connectivity index (χ0) is 24.8. The molecule has 9 heteroatoms. The highest BCUT2D eigenvalue weighted by Gasteiger charge is 2.24. The zero-order valence-corrected chi connectivity index (χ0v) is 20.6. The minimum absolute atomic E-state index is 0.0399. The lowest BCUT2D eigenvalue weighted by Crippen LogP contribution is -2.36. The van der Waals surface area contributed by atoms with Crippen molar-refractivity contribution in [3.63, 3.8) is 0 Å². The molecule has 2 aromatic carbocycles. The van der Waals surface area contributed by atoms with Crippen molar-refractivity contribution in [1.82, 2.24) is 5.32 Å². The van der Waals surface area contributed by atoms with Crippen molar-refractivity contribution in [3.8, 4) is 5.75 Å². The van der Waals surface area contributed by atoms with E-state index in [1.165, 1.54) is 24.3 Å². The molecule has 1 N–H and O–H groups in total. The fraction of sp³-hybridized carbons (Fsp3) is 0.417. The Kier molecular flexibility index (Phi) is 8.49. The van der Waals surface area contributed by atoms with Crippen molar-refractivity contribution in [2.24, 2.45) is 0 Å². The van der Waals surface area contributed by atoms with Crippen LogP contribution in [0.3, 0.4) is 0 Å². The van der Waals surface area contributed by atoms with Gasteiger partial charge in [0.2, 0.25) is 0 Å². The molecule has 0 saturated carbocycles. The van der Waals surface area contributed by atoms with Crippen molar-refractivity contribution in [2.45, 2.75) is 70.6 Å². The fourth-order valence-electron chi connectivity index (χ4n) is 2.82. The number of alkyl carbamates (subject to hydrolysis) is 1. The molecule has 0 bridgehead atoms. The number of hydrogen-bond donors (Lipinski definition) is 1. The van der Waals surface area contributed by atoms with Gasteiger partial charge in [-0.2, -0.15) is 8.42 Å². The van der Waals surface area contributed by atoms with Gasteiger partial charge in [-0.15, -0.1) is 0 Å². The maximum Gasteiger partial charge on any atom is 0.408 e. The number of esters is 1. The van der Waals surface area contributed by atoms with Crippen LogP contribution in [0, 0.1) is 6.92 Å². The van der Waals surface area contributed by atoms with Crippen LogP contribution in [-0.4, -0.2) is 32.2 Å². The Morgan fingerprint density at radius 1 is 0.970 bits per heavy atom. The normalized spacial score (nSPS) is 12.7. The highest BCUT2D eigenvalue weighted by atomic mass is 32.2. The van der Waals surface area contributed by atoms with E-state index < -0.39 is 33.8 Å². The number of benzene rings is 2. The van der Waals surface area contributed by atoms with Gasteiger partial charge in [0.15, 0.2) is 0 Å². The maximum atomic E-state index is 12.5. The summed E-state index contributed by atoms with van der Waals surface area (Å²) in [6.07, 6.45) is -1.12. The molecule has 8 nitrogen and oxygen atoms in total. The van der Waals surface area contributed by atoms with Gasteiger partial charge in [-0.05, 0) is 71.4 Å². The molecule has 1 unspecified atom stereocenters. The summed E-state index contributed by atoms with van der Waals surface area (Å²) in [5.41, 5.74) is 0.772. The van der Waals surface area contributed by atoms with Crippen molar-refractivity contribution in [2.75, 3.05) is 0 Å². The number of amides is 1. The van der Waals surface area contributed by atoms with E-state index in [9.17, 15) is 18.0 Å². The third kappa shape index (κ3) is 8.76. The van der Waals surface area contributed by atoms with Crippen LogP contribution in [0.15, 0.2) is 53.4 Å². The summed E-state index contributed by atoms with van der Waals surface area (Å²) < 4.78 is 40.7. The van der Waals surface area contributed by atoms with Gasteiger partial charge >= 0.3 is 22.2 Å². The summed E-state index contributed by atoms with van der Waals surface area (Å²) in [6, 6.07) is 11.6. The Bertz CT molecular complexity index is 1050. The number of ether oxygens (including phenoxy) is 2. The first kappa shape index (κ1) is 26.2. The lowest BCUT2D eigenvalue weighted by Gasteiger charge is -2.24. The van der Waals surface area contributed by atoms with Crippen LogP contribution in [0.1, 0.15) is 58.2 Å². The number of nitrogens with one attached hydrogen (secondary N) is 1. The molecule has 1 amide bonds. The van der Waals surface area contributed by atoms with Gasteiger partial charge in [0, 0.05) is 0 Å². The van der Waals surface area contributed by atoms with Crippen molar-refractivity contribution in [3.05, 3.63) is 59.7 Å². The number of carbonyl (C=O) groups excluding carboxylic acids is 2. The quantitative estimate of drug-likeness (QED) is 0.435. The van der Waals surface area contributed by atoms with E-state index >= 15 is 0 Å². The SMILES string of the molecule is Cc1ccc(S(=O)(=O)Oc2ccc(C(CC(=O)OC(C)C)NC(=O)OC(C)(C)C)cc2)cc1. The number of carbonyl (C=O) groups is 2. The lowest BCUT2D eigenvalue weighted by atomic mass is 10.0. The van der Waals surface area contributed by atoms with Crippen LogP contribution in [0.4, 0.5) is 4.79 Å². The number of rotatable bonds is 8. The minimum atomic E-state index is -4.00. The van der Waals surface area contributed by atoms with Crippen molar-refractivity contribution >= 4 is 22.2 Å². The fourth-order valence-corrected chi connectivity index (χ4v) is 3.75. The van der Waals surface area contributed by atoms with Crippen LogP contribution >= 0.6 is 0 Å². The predicted octanol–water partition coefficient (Wildman–Crippen LogP) is 4.67. The van der Waals surface area contributed by atoms with E-state index in [1.54, 1.807) is 58.9 Å². The van der Waals surface area contributed by atoms with E-state index in [1.807, 2.05) is 6.92 Å². The highest BCUT2D eigenvalue weighted by molar-refractivity contribution is 7.87. The standard InChI is InChI=1S/C24H31NO7S/c1-16(2)30-22(26)15-21(25-23(27)31-24(4,5)6)18-9-11-19(12-10-18)32-33(28,29)20-13-7-17(3)8-14-20/h7-14,16,21H,15H2,1-6H3,(H,25,27). The third-order valence-electron chi connectivity index (χ3n) is 4.23. The first-order chi connectivity index (χ1) is 15.2. The van der Waals surface area contributed by atoms with Gasteiger partial charge in [0.1, 0.15) is 16.2 Å². The first-order valence-corrected chi connectivity index (χ1v) is 12.0. The van der Waals surface area contributed by atoms with Gasteiger partial charge in [0.05, 0.1) is 18.6 Å². The van der Waals surface area contributed by atoms with E-state index in [0.717, 1.165) is 5.56 Å². The predicted molar refractivity (Wildman–Crippen MR) is 123 cm³/mol. The highest BCUT2D eigenvalue weighted by Crippen LogP contribution is 2.24. The Labute approximate surface area is 195 Å². The number of hydrogen-bond acceptors (Lipinski definition) is 7. The molecule has 0 radical (unpaired) electrons. The summed E-state index contributed by atoms with van der Waals surface area (Å²) >= 11 is 0. The lowest BCUT2D eigenvalue weighted by molar-refractivity contribution is -0.148. The van der Waals surface area contributed by atoms with Crippen LogP contribution in [0.5, 0.6) is 5.75 Å². The second-order valence-electron chi connectivity index (χ2n) is 8.86. The van der Waals surface area contributed by atoms with Crippen molar-refractivity contribution < 1.29 is 31.7 Å². The molecule has 0 saturated heterocycles. The Balaban J connectivity index is 2.20. The summed E-state index contributed by atoms with van der Waals surface area (Å²) in [4.78, 5) is 24.6. The van der Waals surface area contributed by atoms with Gasteiger partial charge in [-0.1, -0.05) is 29.8 Å². The number of aryl methyl sites for hydroxylation is 1. The molecule has 0 aliphatic heterocycles. The summed E-state index contributed by atoms with van der Waals surface area (Å²) in [6.45, 7) is 10.5. The summed E-state index contributed by atoms with van der Waals surface area (Å²) in [7, 11) is -4.00. The molecule has 0 spiro atoms. The van der Waals surface area contributed by atoms with E-state index in [4.69, 9.17) is 13.7 Å². The van der Waals surface area contributed by atoms with E-state index in [2.05, 4.69) is 5.32 Å². The average Bonchev–Trinajstić information content (AvgIpc) is 2.66. The first-order valence-electron chi connectivity index (χ1n) is 10.6. The molecular weight excluding hydrogens is 446 g/mol. The minimum Gasteiger partial charge on any atom is -0.463 e. The molecule has 180 valence electrons. The van der Waals surface area contributed by atoms with Crippen LogP contribution in [-0.2, 0) is 24.4 Å². The second-order valence-corrected chi connectivity index (χ2v) is 10.4. The second kappa shape index (κ2) is 10.7. The third-order valence-corrected chi connectivity index (χ3v) is 5.49. The smallest absolute Gasteiger partial charge is 0.408 e. The summed E-state index contributed by atoms with van der Waals surface area (Å²) in [5.74, 6) is -0.395. The molecule has 2 aromatic rings. The van der Waals surface area contributed by atoms with E-state index in [0.29, 0.717) is 5.56 Å². The van der Waals surface area contributed by atoms with Gasteiger partial charge in [-0.25, -0.2) is 4.79 Å². The van der Waals surface area contributed by atoms with Gasteiger partial charge in [0.25, 0.3) is 0 Å². The van der Waals surface area contributed by atoms with E-state index in [-0.39, 0.29) is 23.2 Å². The van der Waals surface area contributed by atoms with Gasteiger partial charge < -0.3 is 19.0 Å². The average molecular weight is 478 g/mol. The van der Waals surface area contributed by atoms with Crippen molar-refractivity contribution in [1.29, 1.82) is 0 Å². The Morgan fingerprint density at radius 3 is 2.06 bits per heavy atom. The molecule has 0 aromatic heterocycles. The largest absolute Gasteiger partial charge is 0.463 e. The summed E-state index contributed by atoms with van der Waals surface area (Å²) in [5, 5.41) is 2.67. The molecule has 0 heterocycles. The molecule has 0 aliphatic rings. The zero-order valence-electron chi connectivity index (χ0n) is 19.7. The topological polar surface area (TPSA) is 108 Å². The van der Waals surface area contributed by atoms with Crippen LogP contribution in [0.25, 0.3) is 0 Å². The van der Waals surface area contributed by atoms with Crippen LogP contribution in [0.2, 0.25) is 0 Å². The molecule has 33 heavy (non-hydrogen) atoms. The molecule has 0 aliphatic carbocycles. The Hall–Kier alpha value is -3.07. The Morgan fingerprint density at radius 2 is 1.55 bits per heavy atom. The maximum absolute atomic E-state index is 12.5. The molecule has 0 fully saturated rings.